The van der Waals surface area contributed by atoms with Gasteiger partial charge in [0.2, 0.25) is 0 Å². The van der Waals surface area contributed by atoms with Crippen LogP contribution in [0.3, 0.4) is 0 Å². The smallest absolute Gasteiger partial charge is 0.377 e. The molecule has 17 heteroatoms. The number of fused-ring (bicyclic) bond motifs is 2. The molecule has 0 N–H and O–H groups in total. The number of nitrogens with zero attached hydrogens (tertiary/aromatic N) is 2. The third kappa shape index (κ3) is 8.85. The van der Waals surface area contributed by atoms with Crippen molar-refractivity contribution in [3.8, 4) is 0 Å². The molecule has 2 heterocycles. The van der Waals surface area contributed by atoms with Crippen molar-refractivity contribution in [1.82, 2.24) is 9.97 Å². The fourth-order valence-corrected chi connectivity index (χ4v) is 22.6. The second-order valence-corrected chi connectivity index (χ2v) is 26.7. The minimum atomic E-state index is -2.89. The maximum Gasteiger partial charge on any atom is 0.503 e. The van der Waals surface area contributed by atoms with Crippen molar-refractivity contribution in [3.05, 3.63) is 58.5 Å². The monoisotopic (exact) mass is 780 g/mol. The van der Waals surface area contributed by atoms with Crippen LogP contribution in [0.25, 0.3) is 20.4 Å². The molecule has 4 atom stereocenters. The van der Waals surface area contributed by atoms with Crippen molar-refractivity contribution in [2.75, 3.05) is 54.2 Å². The van der Waals surface area contributed by atoms with E-state index in [4.69, 9.17) is 36.5 Å². The summed E-state index contributed by atoms with van der Waals surface area (Å²) in [5, 5.41) is 2.17. The first kappa shape index (κ1) is 38.0. The summed E-state index contributed by atoms with van der Waals surface area (Å²) in [4.78, 5) is 10.0. The zero-order valence-electron chi connectivity index (χ0n) is 26.5. The number of hydrogen-bond donors (Lipinski definition) is 0. The van der Waals surface area contributed by atoms with Gasteiger partial charge in [0.15, 0.2) is 0 Å². The number of hydrogen-bond acceptors (Lipinski definition) is 15. The molecule has 0 radical (unpaired) electrons. The topological polar surface area (TPSA) is 81.2 Å². The highest BCUT2D eigenvalue weighted by Gasteiger charge is 2.50. The lowest BCUT2D eigenvalue weighted by Crippen LogP contribution is -2.48. The van der Waals surface area contributed by atoms with Crippen LogP contribution in [-0.4, -0.2) is 81.7 Å². The Balaban J connectivity index is 1.39. The molecule has 4 unspecified atom stereocenters. The molecule has 0 bridgehead atoms. The molecule has 248 valence electrons. The molecule has 2 aromatic carbocycles. The summed E-state index contributed by atoms with van der Waals surface area (Å²) < 4.78 is 37.7. The largest absolute Gasteiger partial charge is 0.503 e. The summed E-state index contributed by atoms with van der Waals surface area (Å²) >= 11 is 3.48. The zero-order valence-corrected chi connectivity index (χ0v) is 34.3. The average molecular weight is 781 g/mol. The minimum absolute atomic E-state index is 0.0287. The normalized spacial score (nSPS) is 15.5. The molecule has 0 aliphatic heterocycles. The highest BCUT2D eigenvalue weighted by molar-refractivity contribution is 9.35. The second kappa shape index (κ2) is 18.2. The summed E-state index contributed by atoms with van der Waals surface area (Å²) in [5.41, 5.74) is 2.10. The van der Waals surface area contributed by atoms with Crippen LogP contribution >= 0.6 is 73.7 Å². The van der Waals surface area contributed by atoms with Gasteiger partial charge < -0.3 is 26.6 Å². The van der Waals surface area contributed by atoms with Crippen molar-refractivity contribution in [1.29, 1.82) is 0 Å². The van der Waals surface area contributed by atoms with Gasteiger partial charge in [0.05, 0.1) is 30.4 Å². The van der Waals surface area contributed by atoms with E-state index in [-0.39, 0.29) is 22.9 Å². The van der Waals surface area contributed by atoms with Gasteiger partial charge in [-0.1, -0.05) is 59.7 Å². The van der Waals surface area contributed by atoms with Crippen LogP contribution < -0.4 is 0 Å². The Morgan fingerprint density at radius 1 is 0.578 bits per heavy atom. The standard InChI is InChI=1S/C28H40N2O6S7Si2/c1-19(44(31-3,32-4)33-5)21(27-29-23-13-9-11-15-25(23)39-27)17-37-41-43-42-38-18-22(20(2)45(34-6,35-7)36-8)28-30-24-14-10-12-16-26(24)40-28/h9-16,19-22H,17-18H2,1-8H3. The summed E-state index contributed by atoms with van der Waals surface area (Å²) in [6.45, 7) is 4.32. The Bertz CT molecular complexity index is 1280. The van der Waals surface area contributed by atoms with Gasteiger partial charge >= 0.3 is 17.6 Å². The first-order valence-corrected chi connectivity index (χ1v) is 25.8. The van der Waals surface area contributed by atoms with E-state index in [0.29, 0.717) is 0 Å². The summed E-state index contributed by atoms with van der Waals surface area (Å²) in [6, 6.07) is 16.6. The molecule has 0 fully saturated rings. The third-order valence-corrected chi connectivity index (χ3v) is 25.5. The Labute approximate surface area is 295 Å². The highest BCUT2D eigenvalue weighted by atomic mass is 33.8. The van der Waals surface area contributed by atoms with Gasteiger partial charge in [-0.2, -0.15) is 0 Å². The molecule has 0 saturated heterocycles. The van der Waals surface area contributed by atoms with Gasteiger partial charge in [-0.05, 0) is 53.7 Å². The fraction of sp³-hybridized carbons (Fsp3) is 0.500. The van der Waals surface area contributed by atoms with Crippen molar-refractivity contribution in [3.63, 3.8) is 0 Å². The molecule has 45 heavy (non-hydrogen) atoms. The van der Waals surface area contributed by atoms with E-state index in [1.807, 2.05) is 33.7 Å². The Morgan fingerprint density at radius 2 is 0.933 bits per heavy atom. The van der Waals surface area contributed by atoms with Crippen LogP contribution in [0.4, 0.5) is 0 Å². The SMILES string of the molecule is CO[Si](OC)(OC)C(C)C(CSSSSSCC(c1nc2ccccc2s1)C(C)[Si](OC)(OC)OC)c1nc2ccccc2s1. The van der Waals surface area contributed by atoms with Crippen LogP contribution in [0.5, 0.6) is 0 Å². The molecule has 2 aromatic heterocycles. The number of rotatable bonds is 20. The first-order chi connectivity index (χ1) is 21.8. The predicted molar refractivity (Wildman–Crippen MR) is 205 cm³/mol. The molecule has 0 aliphatic rings. The van der Waals surface area contributed by atoms with Gasteiger partial charge in [-0.3, -0.25) is 0 Å². The quantitative estimate of drug-likeness (QED) is 0.0486. The maximum atomic E-state index is 5.89. The molecule has 8 nitrogen and oxygen atoms in total. The van der Waals surface area contributed by atoms with Crippen LogP contribution in [0.1, 0.15) is 35.7 Å². The average Bonchev–Trinajstić information content (AvgIpc) is 3.70. The van der Waals surface area contributed by atoms with E-state index in [1.165, 1.54) is 9.40 Å². The van der Waals surface area contributed by atoms with Crippen molar-refractivity contribution < 1.29 is 26.6 Å². The van der Waals surface area contributed by atoms with E-state index in [2.05, 4.69) is 50.2 Å². The second-order valence-electron chi connectivity index (χ2n) is 10.0. The summed E-state index contributed by atoms with van der Waals surface area (Å²) in [7, 11) is 13.3. The van der Waals surface area contributed by atoms with E-state index < -0.39 is 17.6 Å². The molecule has 0 spiro atoms. The van der Waals surface area contributed by atoms with Crippen molar-refractivity contribution >= 4 is 112 Å². The van der Waals surface area contributed by atoms with Gasteiger partial charge in [0, 0.05) is 77.1 Å². The molecular weight excluding hydrogens is 741 g/mol. The molecule has 4 rings (SSSR count). The van der Waals surface area contributed by atoms with Crippen LogP contribution in [0, 0.1) is 0 Å². The van der Waals surface area contributed by atoms with E-state index >= 15 is 0 Å². The molecular formula is C28H40N2O6S7Si2. The van der Waals surface area contributed by atoms with E-state index in [1.54, 1.807) is 94.8 Å². The third-order valence-electron chi connectivity index (χ3n) is 7.93. The fourth-order valence-electron chi connectivity index (χ4n) is 5.32. The van der Waals surface area contributed by atoms with Crippen molar-refractivity contribution in [2.45, 2.75) is 36.8 Å². The summed E-state index contributed by atoms with van der Waals surface area (Å²) in [6.07, 6.45) is 0. The Hall–Kier alpha value is 0.164. The molecule has 0 aliphatic carbocycles. The van der Waals surface area contributed by atoms with E-state index in [0.717, 1.165) is 32.6 Å². The van der Waals surface area contributed by atoms with Gasteiger partial charge in [-0.25, -0.2) is 9.97 Å². The van der Waals surface area contributed by atoms with Gasteiger partial charge in [0.1, 0.15) is 0 Å². The van der Waals surface area contributed by atoms with E-state index in [9.17, 15) is 0 Å². The van der Waals surface area contributed by atoms with Crippen molar-refractivity contribution in [2.24, 2.45) is 0 Å². The lowest BCUT2D eigenvalue weighted by Gasteiger charge is -2.34. The molecule has 4 aromatic rings. The summed E-state index contributed by atoms with van der Waals surface area (Å²) in [5.74, 6) is 1.93. The number of benzene rings is 2. The Morgan fingerprint density at radius 3 is 1.27 bits per heavy atom. The Kier molecular flexibility index (Phi) is 15.4. The molecule has 0 saturated carbocycles. The van der Waals surface area contributed by atoms with Crippen LogP contribution in [0.2, 0.25) is 11.1 Å². The number of thiazole rings is 2. The first-order valence-electron chi connectivity index (χ1n) is 14.1. The van der Waals surface area contributed by atoms with Gasteiger partial charge in [-0.15, -0.1) is 22.7 Å². The molecule has 0 amide bonds. The highest BCUT2D eigenvalue weighted by Crippen LogP contribution is 2.53. The number of aromatic nitrogens is 2. The lowest BCUT2D eigenvalue weighted by molar-refractivity contribution is 0.109. The van der Waals surface area contributed by atoms with Gasteiger partial charge in [0.25, 0.3) is 0 Å². The van der Waals surface area contributed by atoms with Crippen LogP contribution in [-0.2, 0) is 26.6 Å². The van der Waals surface area contributed by atoms with Crippen LogP contribution in [0.15, 0.2) is 48.5 Å². The maximum absolute atomic E-state index is 5.89. The lowest BCUT2D eigenvalue weighted by atomic mass is 10.1. The number of para-hydroxylation sites is 2. The zero-order chi connectivity index (χ0) is 32.5. The minimum Gasteiger partial charge on any atom is -0.377 e. The predicted octanol–water partition coefficient (Wildman–Crippen LogP) is 9.64.